The van der Waals surface area contributed by atoms with Crippen LogP contribution in [0.15, 0.2) is 18.3 Å². The van der Waals surface area contributed by atoms with Gasteiger partial charge in [-0.05, 0) is 44.4 Å². The molecular formula is C17H23N3O3. The van der Waals surface area contributed by atoms with Gasteiger partial charge in [-0.25, -0.2) is 0 Å². The third kappa shape index (κ3) is 3.88. The maximum absolute atomic E-state index is 12.3. The highest BCUT2D eigenvalue weighted by molar-refractivity contribution is 5.94. The normalized spacial score (nSPS) is 23.4. The third-order valence-corrected chi connectivity index (χ3v) is 4.75. The summed E-state index contributed by atoms with van der Waals surface area (Å²) in [5.74, 6) is -0.326. The Morgan fingerprint density at radius 3 is 2.74 bits per heavy atom. The van der Waals surface area contributed by atoms with E-state index in [1.165, 1.54) is 12.8 Å². The molecule has 6 nitrogen and oxygen atoms in total. The summed E-state index contributed by atoms with van der Waals surface area (Å²) in [6.45, 7) is 2.74. The van der Waals surface area contributed by atoms with Gasteiger partial charge in [-0.1, -0.05) is 6.92 Å². The summed E-state index contributed by atoms with van der Waals surface area (Å²) in [6, 6.07) is 4.03. The van der Waals surface area contributed by atoms with Crippen LogP contribution in [0.5, 0.6) is 0 Å². The Bertz CT molecular complexity index is 595. The zero-order valence-electron chi connectivity index (χ0n) is 13.4. The molecule has 2 aliphatic carbocycles. The van der Waals surface area contributed by atoms with Crippen molar-refractivity contribution in [3.8, 4) is 0 Å². The quantitative estimate of drug-likeness (QED) is 0.798. The molecule has 6 heteroatoms. The molecular weight excluding hydrogens is 294 g/mol. The standard InChI is InChI=1S/C17H23N3O3/c1-2-20(10-16(21)22)14-8-13(9-14)19-17(23)12-5-6-18-15(7-12)11-3-4-11/h5-7,11,13-14H,2-4,8-10H2,1H3,(H,19,23)(H,21,22). The van der Waals surface area contributed by atoms with E-state index in [2.05, 4.69) is 10.3 Å². The van der Waals surface area contributed by atoms with E-state index in [1.807, 2.05) is 17.9 Å². The first-order valence-electron chi connectivity index (χ1n) is 8.29. The van der Waals surface area contributed by atoms with E-state index in [0.29, 0.717) is 18.0 Å². The molecule has 0 bridgehead atoms. The van der Waals surface area contributed by atoms with E-state index in [4.69, 9.17) is 5.11 Å². The van der Waals surface area contributed by atoms with Gasteiger partial charge in [0.2, 0.25) is 0 Å². The average Bonchev–Trinajstić information content (AvgIpc) is 3.33. The lowest BCUT2D eigenvalue weighted by molar-refractivity contribution is -0.139. The van der Waals surface area contributed by atoms with Crippen LogP contribution in [0.3, 0.4) is 0 Å². The highest BCUT2D eigenvalue weighted by Crippen LogP contribution is 2.39. The number of carbonyl (C=O) groups is 2. The molecule has 0 saturated heterocycles. The van der Waals surface area contributed by atoms with Crippen LogP contribution in [-0.2, 0) is 4.79 Å². The van der Waals surface area contributed by atoms with Crippen LogP contribution in [-0.4, -0.2) is 52.0 Å². The van der Waals surface area contributed by atoms with E-state index in [1.54, 1.807) is 12.3 Å². The maximum atomic E-state index is 12.3. The number of hydrogen-bond donors (Lipinski definition) is 2. The minimum absolute atomic E-state index is 0.0565. The zero-order chi connectivity index (χ0) is 16.4. The molecule has 23 heavy (non-hydrogen) atoms. The molecule has 1 aromatic heterocycles. The Balaban J connectivity index is 1.50. The molecule has 0 unspecified atom stereocenters. The molecule has 1 heterocycles. The number of pyridine rings is 1. The van der Waals surface area contributed by atoms with Crippen LogP contribution in [0, 0.1) is 0 Å². The number of hydrogen-bond acceptors (Lipinski definition) is 4. The predicted octanol–water partition coefficient (Wildman–Crippen LogP) is 1.63. The van der Waals surface area contributed by atoms with E-state index < -0.39 is 5.97 Å². The van der Waals surface area contributed by atoms with Gasteiger partial charge in [0.05, 0.1) is 6.54 Å². The van der Waals surface area contributed by atoms with E-state index in [0.717, 1.165) is 18.5 Å². The van der Waals surface area contributed by atoms with Crippen molar-refractivity contribution >= 4 is 11.9 Å². The molecule has 0 radical (unpaired) electrons. The summed E-state index contributed by atoms with van der Waals surface area (Å²) >= 11 is 0. The maximum Gasteiger partial charge on any atom is 0.317 e. The molecule has 2 saturated carbocycles. The van der Waals surface area contributed by atoms with Gasteiger partial charge in [0.1, 0.15) is 0 Å². The number of carboxylic acids is 1. The summed E-state index contributed by atoms with van der Waals surface area (Å²) in [4.78, 5) is 29.4. The van der Waals surface area contributed by atoms with Crippen molar-refractivity contribution < 1.29 is 14.7 Å². The van der Waals surface area contributed by atoms with E-state index in [9.17, 15) is 9.59 Å². The van der Waals surface area contributed by atoms with E-state index in [-0.39, 0.29) is 24.5 Å². The van der Waals surface area contributed by atoms with Gasteiger partial charge in [0.25, 0.3) is 5.91 Å². The summed E-state index contributed by atoms with van der Waals surface area (Å²) in [6.07, 6.45) is 5.66. The van der Waals surface area contributed by atoms with Crippen molar-refractivity contribution in [2.45, 2.75) is 50.6 Å². The van der Waals surface area contributed by atoms with Crippen molar-refractivity contribution in [2.24, 2.45) is 0 Å². The second kappa shape index (κ2) is 6.66. The van der Waals surface area contributed by atoms with Gasteiger partial charge in [0, 0.05) is 35.5 Å². The van der Waals surface area contributed by atoms with Crippen LogP contribution < -0.4 is 5.32 Å². The Kier molecular flexibility index (Phi) is 4.61. The second-order valence-corrected chi connectivity index (χ2v) is 6.50. The Hall–Kier alpha value is -1.95. The Morgan fingerprint density at radius 2 is 2.13 bits per heavy atom. The SMILES string of the molecule is CCN(CC(=O)O)C1CC(NC(=O)c2ccnc(C3CC3)c2)C1. The van der Waals surface area contributed by atoms with Crippen molar-refractivity contribution in [3.63, 3.8) is 0 Å². The summed E-state index contributed by atoms with van der Waals surface area (Å²) in [5.41, 5.74) is 1.69. The fraction of sp³-hybridized carbons (Fsp3) is 0.588. The van der Waals surface area contributed by atoms with Crippen molar-refractivity contribution in [3.05, 3.63) is 29.6 Å². The summed E-state index contributed by atoms with van der Waals surface area (Å²) < 4.78 is 0. The first-order chi connectivity index (χ1) is 11.1. The van der Waals surface area contributed by atoms with Gasteiger partial charge >= 0.3 is 5.97 Å². The monoisotopic (exact) mass is 317 g/mol. The van der Waals surface area contributed by atoms with Gasteiger partial charge < -0.3 is 10.4 Å². The van der Waals surface area contributed by atoms with Crippen LogP contribution in [0.2, 0.25) is 0 Å². The third-order valence-electron chi connectivity index (χ3n) is 4.75. The summed E-state index contributed by atoms with van der Waals surface area (Å²) in [5, 5.41) is 11.9. The van der Waals surface area contributed by atoms with Gasteiger partial charge in [-0.2, -0.15) is 0 Å². The largest absolute Gasteiger partial charge is 0.480 e. The van der Waals surface area contributed by atoms with Crippen LogP contribution in [0.1, 0.15) is 54.6 Å². The van der Waals surface area contributed by atoms with Gasteiger partial charge in [-0.15, -0.1) is 0 Å². The predicted molar refractivity (Wildman–Crippen MR) is 85.4 cm³/mol. The highest BCUT2D eigenvalue weighted by atomic mass is 16.4. The first-order valence-corrected chi connectivity index (χ1v) is 8.29. The molecule has 3 rings (SSSR count). The molecule has 1 amide bonds. The van der Waals surface area contributed by atoms with Crippen molar-refractivity contribution in [1.29, 1.82) is 0 Å². The fourth-order valence-electron chi connectivity index (χ4n) is 3.14. The molecule has 124 valence electrons. The number of nitrogens with zero attached hydrogens (tertiary/aromatic N) is 2. The topological polar surface area (TPSA) is 82.5 Å². The number of aromatic nitrogens is 1. The lowest BCUT2D eigenvalue weighted by Gasteiger charge is -2.42. The Morgan fingerprint density at radius 1 is 1.39 bits per heavy atom. The minimum atomic E-state index is -0.802. The molecule has 1 aromatic rings. The summed E-state index contributed by atoms with van der Waals surface area (Å²) in [7, 11) is 0. The fourth-order valence-corrected chi connectivity index (χ4v) is 3.14. The molecule has 2 N–H and O–H groups in total. The molecule has 0 atom stereocenters. The first kappa shape index (κ1) is 15.9. The number of aliphatic carboxylic acids is 1. The van der Waals surface area contributed by atoms with Crippen LogP contribution >= 0.6 is 0 Å². The van der Waals surface area contributed by atoms with Gasteiger partial charge in [0.15, 0.2) is 0 Å². The number of nitrogens with one attached hydrogen (secondary N) is 1. The molecule has 0 spiro atoms. The second-order valence-electron chi connectivity index (χ2n) is 6.50. The molecule has 0 aliphatic heterocycles. The lowest BCUT2D eigenvalue weighted by atomic mass is 9.85. The molecule has 0 aromatic carbocycles. The van der Waals surface area contributed by atoms with E-state index >= 15 is 0 Å². The van der Waals surface area contributed by atoms with Gasteiger partial charge in [-0.3, -0.25) is 19.5 Å². The van der Waals surface area contributed by atoms with Crippen molar-refractivity contribution in [2.75, 3.05) is 13.1 Å². The number of likely N-dealkylation sites (N-methyl/N-ethyl adjacent to an activating group) is 1. The number of carbonyl (C=O) groups excluding carboxylic acids is 1. The average molecular weight is 317 g/mol. The lowest BCUT2D eigenvalue weighted by Crippen LogP contribution is -2.54. The molecule has 2 aliphatic rings. The number of amides is 1. The van der Waals surface area contributed by atoms with Crippen LogP contribution in [0.4, 0.5) is 0 Å². The Labute approximate surface area is 135 Å². The van der Waals surface area contributed by atoms with Crippen LogP contribution in [0.25, 0.3) is 0 Å². The zero-order valence-corrected chi connectivity index (χ0v) is 13.4. The number of carboxylic acid groups (broad SMARTS) is 1. The minimum Gasteiger partial charge on any atom is -0.480 e. The highest BCUT2D eigenvalue weighted by Gasteiger charge is 2.35. The van der Waals surface area contributed by atoms with Crippen molar-refractivity contribution in [1.82, 2.24) is 15.2 Å². The molecule has 2 fully saturated rings. The number of rotatable bonds is 7. The smallest absolute Gasteiger partial charge is 0.317 e.